The molecule has 0 aromatic carbocycles. The average Bonchev–Trinajstić information content (AvgIpc) is 2.27. The van der Waals surface area contributed by atoms with E-state index in [-0.39, 0.29) is 6.04 Å². The molecule has 14 heavy (non-hydrogen) atoms. The smallest absolute Gasteiger partial charge is 0.237 e. The summed E-state index contributed by atoms with van der Waals surface area (Å²) in [6.45, 7) is 3.56. The van der Waals surface area contributed by atoms with Gasteiger partial charge in [-0.2, -0.15) is 0 Å². The van der Waals surface area contributed by atoms with E-state index >= 15 is 0 Å². The molecule has 4 nitrogen and oxygen atoms in total. The number of hydrogen-bond acceptors (Lipinski definition) is 4. The summed E-state index contributed by atoms with van der Waals surface area (Å²) >= 11 is 0. The van der Waals surface area contributed by atoms with Crippen molar-refractivity contribution in [2.24, 2.45) is 5.73 Å². The van der Waals surface area contributed by atoms with E-state index < -0.39 is 0 Å². The second-order valence-corrected chi connectivity index (χ2v) is 3.38. The Morgan fingerprint density at radius 1 is 1.64 bits per heavy atom. The standard InChI is InChI=1S/C10H15N3O/c1-2-7(11)8-3-4-9-10(13-8)14-6-5-12-9/h3-4,7,12H,2,5-6,11H2,1H3/t7-/m1/s1. The summed E-state index contributed by atoms with van der Waals surface area (Å²) in [5.41, 5.74) is 7.75. The molecule has 1 aliphatic heterocycles. The Bertz CT molecular complexity index is 327. The Hall–Kier alpha value is -1.29. The van der Waals surface area contributed by atoms with Crippen molar-refractivity contribution >= 4 is 5.69 Å². The molecule has 0 aliphatic carbocycles. The molecular formula is C10H15N3O. The van der Waals surface area contributed by atoms with Crippen LogP contribution in [0.2, 0.25) is 0 Å². The van der Waals surface area contributed by atoms with Gasteiger partial charge in [-0.15, -0.1) is 0 Å². The van der Waals surface area contributed by atoms with E-state index in [9.17, 15) is 0 Å². The van der Waals surface area contributed by atoms with Crippen LogP contribution in [-0.2, 0) is 0 Å². The number of ether oxygens (including phenoxy) is 1. The fourth-order valence-electron chi connectivity index (χ4n) is 1.45. The molecule has 0 saturated carbocycles. The highest BCUT2D eigenvalue weighted by Crippen LogP contribution is 2.26. The summed E-state index contributed by atoms with van der Waals surface area (Å²) in [5.74, 6) is 0.678. The monoisotopic (exact) mass is 193 g/mol. The van der Waals surface area contributed by atoms with Crippen molar-refractivity contribution in [3.63, 3.8) is 0 Å². The van der Waals surface area contributed by atoms with Crippen molar-refractivity contribution in [3.8, 4) is 5.88 Å². The van der Waals surface area contributed by atoms with E-state index in [1.54, 1.807) is 0 Å². The molecular weight excluding hydrogens is 178 g/mol. The molecule has 1 aromatic heterocycles. The number of anilines is 1. The van der Waals surface area contributed by atoms with Gasteiger partial charge in [0.05, 0.1) is 11.4 Å². The minimum atomic E-state index is 0.00539. The van der Waals surface area contributed by atoms with Crippen molar-refractivity contribution < 1.29 is 4.74 Å². The summed E-state index contributed by atoms with van der Waals surface area (Å²) in [6, 6.07) is 3.94. The third-order valence-corrected chi connectivity index (χ3v) is 2.36. The maximum atomic E-state index is 5.89. The molecule has 0 unspecified atom stereocenters. The second kappa shape index (κ2) is 3.84. The Kier molecular flexibility index (Phi) is 2.54. The molecule has 2 heterocycles. The van der Waals surface area contributed by atoms with Gasteiger partial charge in [-0.3, -0.25) is 0 Å². The summed E-state index contributed by atoms with van der Waals surface area (Å²) in [5, 5.41) is 3.22. The molecule has 0 spiro atoms. The van der Waals surface area contributed by atoms with Gasteiger partial charge in [-0.05, 0) is 18.6 Å². The van der Waals surface area contributed by atoms with Crippen molar-refractivity contribution in [1.29, 1.82) is 0 Å². The van der Waals surface area contributed by atoms with Gasteiger partial charge in [0.2, 0.25) is 5.88 Å². The first kappa shape index (κ1) is 9.27. The highest BCUT2D eigenvalue weighted by atomic mass is 16.5. The lowest BCUT2D eigenvalue weighted by atomic mass is 10.1. The maximum Gasteiger partial charge on any atom is 0.237 e. The molecule has 4 heteroatoms. The number of nitrogens with one attached hydrogen (secondary N) is 1. The molecule has 0 amide bonds. The molecule has 76 valence electrons. The van der Waals surface area contributed by atoms with Gasteiger partial charge in [0.25, 0.3) is 0 Å². The zero-order chi connectivity index (χ0) is 9.97. The Morgan fingerprint density at radius 2 is 2.50 bits per heavy atom. The SMILES string of the molecule is CC[C@@H](N)c1ccc2c(n1)OCCN2. The molecule has 1 aliphatic rings. The van der Waals surface area contributed by atoms with Gasteiger partial charge < -0.3 is 15.8 Å². The van der Waals surface area contributed by atoms with E-state index in [1.807, 2.05) is 19.1 Å². The summed E-state index contributed by atoms with van der Waals surface area (Å²) in [7, 11) is 0. The van der Waals surface area contributed by atoms with Gasteiger partial charge in [0.15, 0.2) is 0 Å². The lowest BCUT2D eigenvalue weighted by molar-refractivity contribution is 0.308. The van der Waals surface area contributed by atoms with Gasteiger partial charge in [-0.25, -0.2) is 4.98 Å². The van der Waals surface area contributed by atoms with Crippen LogP contribution in [0.25, 0.3) is 0 Å². The molecule has 0 saturated heterocycles. The quantitative estimate of drug-likeness (QED) is 0.743. The zero-order valence-corrected chi connectivity index (χ0v) is 8.29. The van der Waals surface area contributed by atoms with Crippen LogP contribution in [0.1, 0.15) is 25.1 Å². The first-order chi connectivity index (χ1) is 6.81. The molecule has 2 rings (SSSR count). The van der Waals surface area contributed by atoms with Crippen LogP contribution in [-0.4, -0.2) is 18.1 Å². The second-order valence-electron chi connectivity index (χ2n) is 3.38. The van der Waals surface area contributed by atoms with Crippen LogP contribution in [0.4, 0.5) is 5.69 Å². The molecule has 3 N–H and O–H groups in total. The van der Waals surface area contributed by atoms with Gasteiger partial charge in [0, 0.05) is 12.6 Å². The predicted octanol–water partition coefficient (Wildman–Crippen LogP) is 1.30. The minimum absolute atomic E-state index is 0.00539. The van der Waals surface area contributed by atoms with Crippen molar-refractivity contribution in [3.05, 3.63) is 17.8 Å². The lowest BCUT2D eigenvalue weighted by Gasteiger charge is -2.19. The number of nitrogens with zero attached hydrogens (tertiary/aromatic N) is 1. The van der Waals surface area contributed by atoms with Gasteiger partial charge in [-0.1, -0.05) is 6.92 Å². The first-order valence-corrected chi connectivity index (χ1v) is 4.94. The number of nitrogens with two attached hydrogens (primary N) is 1. The van der Waals surface area contributed by atoms with E-state index in [4.69, 9.17) is 10.5 Å². The van der Waals surface area contributed by atoms with E-state index in [1.165, 1.54) is 0 Å². The van der Waals surface area contributed by atoms with Crippen molar-refractivity contribution in [2.75, 3.05) is 18.5 Å². The predicted molar refractivity (Wildman–Crippen MR) is 55.4 cm³/mol. The molecule has 0 bridgehead atoms. The van der Waals surface area contributed by atoms with Crippen molar-refractivity contribution in [2.45, 2.75) is 19.4 Å². The largest absolute Gasteiger partial charge is 0.474 e. The van der Waals surface area contributed by atoms with Crippen molar-refractivity contribution in [1.82, 2.24) is 4.98 Å². The minimum Gasteiger partial charge on any atom is -0.474 e. The first-order valence-electron chi connectivity index (χ1n) is 4.94. The number of hydrogen-bond donors (Lipinski definition) is 2. The van der Waals surface area contributed by atoms with Crippen LogP contribution in [0.5, 0.6) is 5.88 Å². The topological polar surface area (TPSA) is 60.2 Å². The third-order valence-electron chi connectivity index (χ3n) is 2.36. The summed E-state index contributed by atoms with van der Waals surface area (Å²) in [6.07, 6.45) is 0.888. The average molecular weight is 193 g/mol. The van der Waals surface area contributed by atoms with E-state index in [2.05, 4.69) is 10.3 Å². The van der Waals surface area contributed by atoms with Gasteiger partial charge in [0.1, 0.15) is 6.61 Å². The highest BCUT2D eigenvalue weighted by Gasteiger charge is 2.13. The molecule has 0 radical (unpaired) electrons. The number of rotatable bonds is 2. The number of aromatic nitrogens is 1. The van der Waals surface area contributed by atoms with Gasteiger partial charge >= 0.3 is 0 Å². The molecule has 1 atom stereocenters. The fraction of sp³-hybridized carbons (Fsp3) is 0.500. The normalized spacial score (nSPS) is 16.4. The fourth-order valence-corrected chi connectivity index (χ4v) is 1.45. The van der Waals surface area contributed by atoms with Crippen LogP contribution in [0, 0.1) is 0 Å². The number of fused-ring (bicyclic) bond motifs is 1. The number of pyridine rings is 1. The summed E-state index contributed by atoms with van der Waals surface area (Å²) in [4.78, 5) is 4.37. The Labute approximate surface area is 83.5 Å². The summed E-state index contributed by atoms with van der Waals surface area (Å²) < 4.78 is 5.43. The third kappa shape index (κ3) is 1.65. The molecule has 0 fully saturated rings. The van der Waals surface area contributed by atoms with Crippen LogP contribution < -0.4 is 15.8 Å². The lowest BCUT2D eigenvalue weighted by Crippen LogP contribution is -2.20. The van der Waals surface area contributed by atoms with Crippen LogP contribution in [0.15, 0.2) is 12.1 Å². The molecule has 1 aromatic rings. The highest BCUT2D eigenvalue weighted by molar-refractivity contribution is 5.54. The Morgan fingerprint density at radius 3 is 3.29 bits per heavy atom. The van der Waals surface area contributed by atoms with Crippen LogP contribution >= 0.6 is 0 Å². The Balaban J connectivity index is 2.29. The maximum absolute atomic E-state index is 5.89. The zero-order valence-electron chi connectivity index (χ0n) is 8.29. The van der Waals surface area contributed by atoms with E-state index in [0.717, 1.165) is 24.3 Å². The van der Waals surface area contributed by atoms with E-state index in [0.29, 0.717) is 12.5 Å². The van der Waals surface area contributed by atoms with Crippen LogP contribution in [0.3, 0.4) is 0 Å².